The molecule has 2 N–H and O–H groups in total. The van der Waals surface area contributed by atoms with Crippen molar-refractivity contribution in [2.45, 2.75) is 72.0 Å². The van der Waals surface area contributed by atoms with Crippen LogP contribution in [0.15, 0.2) is 0 Å². The van der Waals surface area contributed by atoms with Crippen LogP contribution in [0.1, 0.15) is 54.4 Å². The van der Waals surface area contributed by atoms with Crippen LogP contribution in [-0.4, -0.2) is 29.1 Å². The van der Waals surface area contributed by atoms with E-state index in [-0.39, 0.29) is 5.54 Å². The fraction of sp³-hybridized carbons (Fsp3) is 1.00. The van der Waals surface area contributed by atoms with Gasteiger partial charge in [-0.25, -0.2) is 0 Å². The molecule has 1 aliphatic carbocycles. The fourth-order valence-electron chi connectivity index (χ4n) is 3.60. The van der Waals surface area contributed by atoms with Crippen molar-refractivity contribution in [1.29, 1.82) is 0 Å². The van der Waals surface area contributed by atoms with Gasteiger partial charge in [0.05, 0.1) is 0 Å². The van der Waals surface area contributed by atoms with Crippen LogP contribution >= 0.6 is 0 Å². The van der Waals surface area contributed by atoms with Crippen molar-refractivity contribution in [3.8, 4) is 0 Å². The standard InChI is InChI=1S/C14H28N2/c1-12(2,3)10-7-14(9-15)8-11(14)16(10)13(4,5)6/h10-11H,7-9,15H2,1-6H3/t10?,11-,14+/m0/s1. The van der Waals surface area contributed by atoms with E-state index >= 15 is 0 Å². The summed E-state index contributed by atoms with van der Waals surface area (Å²) in [6.45, 7) is 15.0. The monoisotopic (exact) mass is 224 g/mol. The molecular weight excluding hydrogens is 196 g/mol. The van der Waals surface area contributed by atoms with E-state index in [4.69, 9.17) is 5.73 Å². The van der Waals surface area contributed by atoms with Crippen LogP contribution in [0.4, 0.5) is 0 Å². The number of nitrogens with zero attached hydrogens (tertiary/aromatic N) is 1. The van der Waals surface area contributed by atoms with Gasteiger partial charge in [0.25, 0.3) is 0 Å². The highest BCUT2D eigenvalue weighted by atomic mass is 15.3. The Morgan fingerprint density at radius 1 is 1.12 bits per heavy atom. The van der Waals surface area contributed by atoms with Gasteiger partial charge in [-0.1, -0.05) is 20.8 Å². The minimum Gasteiger partial charge on any atom is -0.330 e. The van der Waals surface area contributed by atoms with Gasteiger partial charge >= 0.3 is 0 Å². The third-order valence-electron chi connectivity index (χ3n) is 4.60. The van der Waals surface area contributed by atoms with Crippen LogP contribution in [-0.2, 0) is 0 Å². The van der Waals surface area contributed by atoms with Crippen molar-refractivity contribution in [2.75, 3.05) is 6.54 Å². The molecule has 2 aliphatic rings. The molecule has 3 atom stereocenters. The Balaban J connectivity index is 2.27. The summed E-state index contributed by atoms with van der Waals surface area (Å²) in [5.74, 6) is 0. The summed E-state index contributed by atoms with van der Waals surface area (Å²) in [7, 11) is 0. The zero-order valence-electron chi connectivity index (χ0n) is 11.8. The molecule has 0 aromatic heterocycles. The topological polar surface area (TPSA) is 29.3 Å². The minimum atomic E-state index is 0.274. The van der Waals surface area contributed by atoms with Gasteiger partial charge < -0.3 is 5.73 Å². The molecule has 0 aromatic carbocycles. The van der Waals surface area contributed by atoms with Crippen LogP contribution in [0.2, 0.25) is 0 Å². The summed E-state index contributed by atoms with van der Waals surface area (Å²) in [4.78, 5) is 2.75. The summed E-state index contributed by atoms with van der Waals surface area (Å²) in [5.41, 5.74) is 7.10. The molecule has 2 rings (SSSR count). The Bertz CT molecular complexity index is 284. The molecule has 0 bridgehead atoms. The van der Waals surface area contributed by atoms with Gasteiger partial charge in [0.1, 0.15) is 0 Å². The second kappa shape index (κ2) is 3.23. The molecule has 2 heteroatoms. The molecular formula is C14H28N2. The number of rotatable bonds is 1. The van der Waals surface area contributed by atoms with Crippen molar-refractivity contribution < 1.29 is 0 Å². The average molecular weight is 224 g/mol. The van der Waals surface area contributed by atoms with Gasteiger partial charge in [-0.2, -0.15) is 0 Å². The van der Waals surface area contributed by atoms with Crippen LogP contribution in [0.5, 0.6) is 0 Å². The second-order valence-corrected chi connectivity index (χ2v) is 7.95. The first-order valence-corrected chi connectivity index (χ1v) is 6.60. The van der Waals surface area contributed by atoms with Gasteiger partial charge in [-0.3, -0.25) is 4.90 Å². The number of nitrogens with two attached hydrogens (primary N) is 1. The van der Waals surface area contributed by atoms with E-state index in [2.05, 4.69) is 46.4 Å². The third-order valence-corrected chi connectivity index (χ3v) is 4.60. The first kappa shape index (κ1) is 12.4. The second-order valence-electron chi connectivity index (χ2n) is 7.95. The fourth-order valence-corrected chi connectivity index (χ4v) is 3.60. The Morgan fingerprint density at radius 3 is 2.00 bits per heavy atom. The highest BCUT2D eigenvalue weighted by molar-refractivity contribution is 5.20. The zero-order valence-corrected chi connectivity index (χ0v) is 11.8. The summed E-state index contributed by atoms with van der Waals surface area (Å²) in [6, 6.07) is 1.44. The minimum absolute atomic E-state index is 0.274. The predicted octanol–water partition coefficient (Wildman–Crippen LogP) is 2.62. The largest absolute Gasteiger partial charge is 0.330 e. The molecule has 0 radical (unpaired) electrons. The smallest absolute Gasteiger partial charge is 0.0180 e. The molecule has 0 amide bonds. The lowest BCUT2D eigenvalue weighted by molar-refractivity contribution is 0.0362. The average Bonchev–Trinajstić information content (AvgIpc) is 2.68. The van der Waals surface area contributed by atoms with Crippen LogP contribution in [0.25, 0.3) is 0 Å². The molecule has 0 spiro atoms. The Labute approximate surface area is 101 Å². The quantitative estimate of drug-likeness (QED) is 0.742. The van der Waals surface area contributed by atoms with Gasteiger partial charge in [-0.05, 0) is 45.6 Å². The van der Waals surface area contributed by atoms with Crippen LogP contribution < -0.4 is 5.73 Å². The van der Waals surface area contributed by atoms with Gasteiger partial charge in [0, 0.05) is 23.0 Å². The molecule has 2 nitrogen and oxygen atoms in total. The molecule has 0 aromatic rings. The lowest BCUT2D eigenvalue weighted by Gasteiger charge is -2.45. The maximum Gasteiger partial charge on any atom is 0.0180 e. The van der Waals surface area contributed by atoms with Crippen molar-refractivity contribution in [3.05, 3.63) is 0 Å². The number of likely N-dealkylation sites (tertiary alicyclic amines) is 1. The number of fused-ring (bicyclic) bond motifs is 1. The van der Waals surface area contributed by atoms with E-state index in [1.807, 2.05) is 0 Å². The van der Waals surface area contributed by atoms with Crippen LogP contribution in [0.3, 0.4) is 0 Å². The molecule has 1 saturated heterocycles. The van der Waals surface area contributed by atoms with E-state index in [1.54, 1.807) is 0 Å². The summed E-state index contributed by atoms with van der Waals surface area (Å²) in [6.07, 6.45) is 2.63. The molecule has 1 aliphatic heterocycles. The van der Waals surface area contributed by atoms with Gasteiger partial charge in [-0.15, -0.1) is 0 Å². The lowest BCUT2D eigenvalue weighted by Crippen LogP contribution is -2.51. The first-order valence-electron chi connectivity index (χ1n) is 6.60. The number of piperidine rings is 1. The zero-order chi connectivity index (χ0) is 12.4. The highest BCUT2D eigenvalue weighted by Gasteiger charge is 2.66. The summed E-state index contributed by atoms with van der Waals surface area (Å²) in [5, 5.41) is 0. The maximum absolute atomic E-state index is 5.99. The summed E-state index contributed by atoms with van der Waals surface area (Å²) >= 11 is 0. The molecule has 1 unspecified atom stereocenters. The number of hydrogen-bond acceptors (Lipinski definition) is 2. The van der Waals surface area contributed by atoms with Crippen molar-refractivity contribution in [3.63, 3.8) is 0 Å². The lowest BCUT2D eigenvalue weighted by atomic mass is 9.80. The van der Waals surface area contributed by atoms with E-state index in [0.29, 0.717) is 16.9 Å². The predicted molar refractivity (Wildman–Crippen MR) is 69.3 cm³/mol. The molecule has 16 heavy (non-hydrogen) atoms. The molecule has 2 fully saturated rings. The van der Waals surface area contributed by atoms with Crippen molar-refractivity contribution >= 4 is 0 Å². The molecule has 1 saturated carbocycles. The SMILES string of the molecule is CC(C)(C)C1C[C@]2(CN)C[C@@H]2N1C(C)(C)C. The third kappa shape index (κ3) is 1.70. The Morgan fingerprint density at radius 2 is 1.69 bits per heavy atom. The number of hydrogen-bond donors (Lipinski definition) is 1. The van der Waals surface area contributed by atoms with E-state index in [1.165, 1.54) is 12.8 Å². The normalized spacial score (nSPS) is 39.9. The summed E-state index contributed by atoms with van der Waals surface area (Å²) < 4.78 is 0. The Hall–Kier alpha value is -0.0800. The molecule has 94 valence electrons. The van der Waals surface area contributed by atoms with Crippen LogP contribution in [0, 0.1) is 10.8 Å². The first-order chi connectivity index (χ1) is 7.12. The molecule has 1 heterocycles. The Kier molecular flexibility index (Phi) is 2.50. The van der Waals surface area contributed by atoms with Crippen molar-refractivity contribution in [1.82, 2.24) is 4.90 Å². The van der Waals surface area contributed by atoms with Gasteiger partial charge in [0.15, 0.2) is 0 Å². The maximum atomic E-state index is 5.99. The van der Waals surface area contributed by atoms with Crippen molar-refractivity contribution in [2.24, 2.45) is 16.6 Å². The van der Waals surface area contributed by atoms with E-state index < -0.39 is 0 Å². The highest BCUT2D eigenvalue weighted by Crippen LogP contribution is 2.63. The van der Waals surface area contributed by atoms with Gasteiger partial charge in [0.2, 0.25) is 0 Å². The van der Waals surface area contributed by atoms with E-state index in [9.17, 15) is 0 Å². The van der Waals surface area contributed by atoms with E-state index in [0.717, 1.165) is 12.6 Å².